The van der Waals surface area contributed by atoms with Gasteiger partial charge in [0, 0.05) is 18.4 Å². The molecule has 1 amide bonds. The third-order valence-electron chi connectivity index (χ3n) is 5.56. The molecule has 1 aliphatic heterocycles. The zero-order valence-corrected chi connectivity index (χ0v) is 13.4. The van der Waals surface area contributed by atoms with Crippen LogP contribution in [0.2, 0.25) is 0 Å². The van der Waals surface area contributed by atoms with Gasteiger partial charge in [0.2, 0.25) is 5.91 Å². The topological polar surface area (TPSA) is 41.1 Å². The molecule has 3 rings (SSSR count). The molecule has 0 atom stereocenters. The van der Waals surface area contributed by atoms with Crippen molar-refractivity contribution in [3.05, 3.63) is 35.9 Å². The van der Waals surface area contributed by atoms with Crippen LogP contribution in [0.1, 0.15) is 50.5 Å². The average molecular weight is 300 g/mol. The van der Waals surface area contributed by atoms with Gasteiger partial charge >= 0.3 is 0 Å². The molecule has 3 nitrogen and oxygen atoms in total. The molecular formula is C19H28N2O. The highest BCUT2D eigenvalue weighted by Gasteiger charge is 2.38. The number of carbonyl (C=O) groups is 1. The van der Waals surface area contributed by atoms with E-state index in [0.29, 0.717) is 6.42 Å². The van der Waals surface area contributed by atoms with E-state index in [0.717, 1.165) is 32.0 Å². The average Bonchev–Trinajstić information content (AvgIpc) is 2.54. The molecule has 1 saturated carbocycles. The number of piperidine rings is 1. The number of amides is 1. The zero-order valence-electron chi connectivity index (χ0n) is 13.4. The minimum Gasteiger partial charge on any atom is -0.355 e. The van der Waals surface area contributed by atoms with Crippen molar-refractivity contribution in [2.24, 2.45) is 5.92 Å². The Morgan fingerprint density at radius 1 is 1.18 bits per heavy atom. The van der Waals surface area contributed by atoms with E-state index in [1.54, 1.807) is 0 Å². The third-order valence-corrected chi connectivity index (χ3v) is 5.56. The van der Waals surface area contributed by atoms with Crippen LogP contribution in [0.25, 0.3) is 0 Å². The molecule has 1 aromatic carbocycles. The Kier molecular flexibility index (Phi) is 5.14. The van der Waals surface area contributed by atoms with Crippen LogP contribution in [-0.4, -0.2) is 25.5 Å². The molecule has 2 N–H and O–H groups in total. The molecular weight excluding hydrogens is 272 g/mol. The normalized spacial score (nSPS) is 21.1. The Hall–Kier alpha value is -1.35. The van der Waals surface area contributed by atoms with E-state index in [4.69, 9.17) is 0 Å². The summed E-state index contributed by atoms with van der Waals surface area (Å²) in [7, 11) is 0. The molecule has 2 aliphatic rings. The molecule has 0 unspecified atom stereocenters. The van der Waals surface area contributed by atoms with Gasteiger partial charge < -0.3 is 10.6 Å². The first kappa shape index (κ1) is 15.5. The Labute approximate surface area is 133 Å². The van der Waals surface area contributed by atoms with E-state index < -0.39 is 0 Å². The highest BCUT2D eigenvalue weighted by Crippen LogP contribution is 2.43. The number of rotatable bonds is 6. The lowest BCUT2D eigenvalue weighted by Crippen LogP contribution is -2.45. The maximum absolute atomic E-state index is 12.2. The molecule has 22 heavy (non-hydrogen) atoms. The van der Waals surface area contributed by atoms with Gasteiger partial charge in [-0.05, 0) is 56.7 Å². The van der Waals surface area contributed by atoms with Gasteiger partial charge in [-0.2, -0.15) is 0 Å². The Morgan fingerprint density at radius 2 is 1.91 bits per heavy atom. The summed E-state index contributed by atoms with van der Waals surface area (Å²) in [6.07, 6.45) is 7.86. The maximum atomic E-state index is 12.2. The van der Waals surface area contributed by atoms with Gasteiger partial charge in [0.25, 0.3) is 0 Å². The summed E-state index contributed by atoms with van der Waals surface area (Å²) >= 11 is 0. The first-order valence-electron chi connectivity index (χ1n) is 8.81. The highest BCUT2D eigenvalue weighted by atomic mass is 16.1. The van der Waals surface area contributed by atoms with Gasteiger partial charge in [0.15, 0.2) is 0 Å². The summed E-state index contributed by atoms with van der Waals surface area (Å²) in [5.74, 6) is 0.972. The van der Waals surface area contributed by atoms with E-state index in [-0.39, 0.29) is 11.3 Å². The molecule has 0 spiro atoms. The largest absolute Gasteiger partial charge is 0.355 e. The number of nitrogens with one attached hydrogen (secondary N) is 2. The highest BCUT2D eigenvalue weighted by molar-refractivity contribution is 5.76. The monoisotopic (exact) mass is 300 g/mol. The summed E-state index contributed by atoms with van der Waals surface area (Å²) in [6.45, 7) is 3.04. The van der Waals surface area contributed by atoms with E-state index in [9.17, 15) is 4.79 Å². The van der Waals surface area contributed by atoms with Gasteiger partial charge in [-0.3, -0.25) is 4.79 Å². The van der Waals surface area contributed by atoms with Crippen molar-refractivity contribution < 1.29 is 4.79 Å². The molecule has 1 heterocycles. The minimum atomic E-state index is 0.200. The molecule has 3 heteroatoms. The van der Waals surface area contributed by atoms with Crippen molar-refractivity contribution in [1.29, 1.82) is 0 Å². The fraction of sp³-hybridized carbons (Fsp3) is 0.632. The van der Waals surface area contributed by atoms with Crippen LogP contribution in [0.3, 0.4) is 0 Å². The lowest BCUT2D eigenvalue weighted by Gasteiger charge is -2.42. The van der Waals surface area contributed by atoms with Crippen LogP contribution in [0.15, 0.2) is 30.3 Å². The van der Waals surface area contributed by atoms with Crippen LogP contribution >= 0.6 is 0 Å². The fourth-order valence-corrected chi connectivity index (χ4v) is 3.82. The van der Waals surface area contributed by atoms with Crippen molar-refractivity contribution in [3.63, 3.8) is 0 Å². The Morgan fingerprint density at radius 3 is 2.55 bits per heavy atom. The SMILES string of the molecule is O=C(CCC1CCNCC1)NCC1(c2ccccc2)CCC1. The summed E-state index contributed by atoms with van der Waals surface area (Å²) in [4.78, 5) is 12.2. The van der Waals surface area contributed by atoms with Crippen molar-refractivity contribution in [1.82, 2.24) is 10.6 Å². The van der Waals surface area contributed by atoms with Gasteiger partial charge in [-0.25, -0.2) is 0 Å². The standard InChI is InChI=1S/C19H28N2O/c22-18(8-7-16-9-13-20-14-10-16)21-15-19(11-4-12-19)17-5-2-1-3-6-17/h1-3,5-6,16,20H,4,7-15H2,(H,21,22). The Bertz CT molecular complexity index is 475. The summed E-state index contributed by atoms with van der Waals surface area (Å²) < 4.78 is 0. The lowest BCUT2D eigenvalue weighted by molar-refractivity contribution is -0.121. The smallest absolute Gasteiger partial charge is 0.220 e. The van der Waals surface area contributed by atoms with E-state index in [1.807, 2.05) is 0 Å². The van der Waals surface area contributed by atoms with Gasteiger partial charge in [-0.15, -0.1) is 0 Å². The third kappa shape index (κ3) is 3.70. The van der Waals surface area contributed by atoms with Crippen molar-refractivity contribution in [3.8, 4) is 0 Å². The van der Waals surface area contributed by atoms with Crippen LogP contribution in [0.5, 0.6) is 0 Å². The number of carbonyl (C=O) groups excluding carboxylic acids is 1. The van der Waals surface area contributed by atoms with Crippen LogP contribution in [0.4, 0.5) is 0 Å². The van der Waals surface area contributed by atoms with Crippen LogP contribution < -0.4 is 10.6 Å². The van der Waals surface area contributed by atoms with Crippen molar-refractivity contribution >= 4 is 5.91 Å². The zero-order chi connectivity index (χ0) is 15.3. The first-order chi connectivity index (χ1) is 10.8. The van der Waals surface area contributed by atoms with E-state index >= 15 is 0 Å². The summed E-state index contributed by atoms with van der Waals surface area (Å²) in [5, 5.41) is 6.59. The number of benzene rings is 1. The lowest BCUT2D eigenvalue weighted by atomic mass is 9.64. The summed E-state index contributed by atoms with van der Waals surface area (Å²) in [6, 6.07) is 10.7. The predicted molar refractivity (Wildman–Crippen MR) is 89.8 cm³/mol. The molecule has 2 fully saturated rings. The number of hydrogen-bond acceptors (Lipinski definition) is 2. The second-order valence-electron chi connectivity index (χ2n) is 7.01. The molecule has 0 radical (unpaired) electrons. The molecule has 120 valence electrons. The van der Waals surface area contributed by atoms with Gasteiger partial charge in [-0.1, -0.05) is 36.8 Å². The maximum Gasteiger partial charge on any atom is 0.220 e. The summed E-state index contributed by atoms with van der Waals surface area (Å²) in [5.41, 5.74) is 1.59. The molecule has 1 saturated heterocycles. The molecule has 0 aromatic heterocycles. The minimum absolute atomic E-state index is 0.200. The van der Waals surface area contributed by atoms with Crippen LogP contribution in [0, 0.1) is 5.92 Å². The van der Waals surface area contributed by atoms with Gasteiger partial charge in [0.1, 0.15) is 0 Å². The second kappa shape index (κ2) is 7.28. The molecule has 1 aromatic rings. The number of hydrogen-bond donors (Lipinski definition) is 2. The van der Waals surface area contributed by atoms with E-state index in [2.05, 4.69) is 41.0 Å². The van der Waals surface area contributed by atoms with Crippen molar-refractivity contribution in [2.75, 3.05) is 19.6 Å². The second-order valence-corrected chi connectivity index (χ2v) is 7.01. The molecule has 0 bridgehead atoms. The van der Waals surface area contributed by atoms with Crippen molar-refractivity contribution in [2.45, 2.75) is 50.4 Å². The Balaban J connectivity index is 1.45. The quantitative estimate of drug-likeness (QED) is 0.848. The molecule has 1 aliphatic carbocycles. The van der Waals surface area contributed by atoms with Crippen LogP contribution in [-0.2, 0) is 10.2 Å². The predicted octanol–water partition coefficient (Wildman–Crippen LogP) is 3.00. The fourth-order valence-electron chi connectivity index (χ4n) is 3.82. The van der Waals surface area contributed by atoms with E-state index in [1.165, 1.54) is 37.7 Å². The first-order valence-corrected chi connectivity index (χ1v) is 8.81. The van der Waals surface area contributed by atoms with Gasteiger partial charge in [0.05, 0.1) is 0 Å².